The van der Waals surface area contributed by atoms with E-state index in [-0.39, 0.29) is 11.6 Å². The van der Waals surface area contributed by atoms with Gasteiger partial charge in [-0.1, -0.05) is 13.8 Å². The Kier molecular flexibility index (Phi) is 5.87. The van der Waals surface area contributed by atoms with Crippen molar-refractivity contribution in [1.82, 2.24) is 49.8 Å². The number of tetrazole rings is 1. The number of anilines is 3. The van der Waals surface area contributed by atoms with E-state index in [1.54, 1.807) is 18.3 Å². The Hall–Kier alpha value is -4.55. The molecule has 1 saturated heterocycles. The maximum atomic E-state index is 14.8. The van der Waals surface area contributed by atoms with Gasteiger partial charge in [-0.25, -0.2) is 24.0 Å². The van der Waals surface area contributed by atoms with Crippen molar-refractivity contribution in [2.75, 3.05) is 23.3 Å². The lowest BCUT2D eigenvalue weighted by Crippen LogP contribution is -2.34. The molecule has 37 heavy (non-hydrogen) atoms. The highest BCUT2D eigenvalue weighted by Crippen LogP contribution is 2.30. The second-order valence-corrected chi connectivity index (χ2v) is 9.30. The van der Waals surface area contributed by atoms with Gasteiger partial charge < -0.3 is 10.2 Å². The predicted molar refractivity (Wildman–Crippen MR) is 133 cm³/mol. The van der Waals surface area contributed by atoms with Crippen LogP contribution in [0.1, 0.15) is 49.9 Å². The van der Waals surface area contributed by atoms with Crippen LogP contribution in [0.15, 0.2) is 49.3 Å². The predicted octanol–water partition coefficient (Wildman–Crippen LogP) is 3.28. The molecular weight excluding hydrogens is 475 g/mol. The minimum absolute atomic E-state index is 0.226. The zero-order chi connectivity index (χ0) is 25.4. The highest BCUT2D eigenvalue weighted by molar-refractivity contribution is 5.70. The molecule has 0 amide bonds. The van der Waals surface area contributed by atoms with Crippen molar-refractivity contribution >= 4 is 23.1 Å². The lowest BCUT2D eigenvalue weighted by molar-refractivity contribution is 0.477. The largest absolute Gasteiger partial charge is 0.341 e. The summed E-state index contributed by atoms with van der Waals surface area (Å²) in [4.78, 5) is 15.7. The molecule has 1 aliphatic rings. The van der Waals surface area contributed by atoms with Gasteiger partial charge in [0, 0.05) is 49.9 Å². The van der Waals surface area contributed by atoms with Crippen molar-refractivity contribution in [2.24, 2.45) is 0 Å². The fraction of sp³-hybridized carbons (Fsp3) is 0.333. The van der Waals surface area contributed by atoms with Gasteiger partial charge in [0.15, 0.2) is 5.82 Å². The number of hydrogen-bond donors (Lipinski definition) is 1. The summed E-state index contributed by atoms with van der Waals surface area (Å²) in [5.41, 5.74) is 2.45. The molecule has 0 spiro atoms. The third kappa shape index (κ3) is 4.43. The summed E-state index contributed by atoms with van der Waals surface area (Å²) in [5.74, 6) is 2.22. The molecule has 0 saturated carbocycles. The van der Waals surface area contributed by atoms with Crippen LogP contribution < -0.4 is 10.2 Å². The number of rotatable bonds is 6. The van der Waals surface area contributed by atoms with Crippen LogP contribution in [0, 0.1) is 5.82 Å². The molecule has 1 aromatic carbocycles. The molecule has 1 aliphatic heterocycles. The van der Waals surface area contributed by atoms with Gasteiger partial charge in [0.25, 0.3) is 0 Å². The molecule has 188 valence electrons. The standard InChI is InChI=1S/C24H25FN12/c1-15(2)17-12-27-24(28-13-17)35-8-5-16(6-9-35)22-31-32-23-21(26-7-10-36(22)23)30-20-4-3-18(11-19(20)25)37-14-29-33-34-37/h3-4,7,10-16H,5-6,8-9H2,1-2H3,(H,26,30). The lowest BCUT2D eigenvalue weighted by atomic mass is 9.96. The summed E-state index contributed by atoms with van der Waals surface area (Å²) >= 11 is 0. The first-order valence-electron chi connectivity index (χ1n) is 12.1. The van der Waals surface area contributed by atoms with Gasteiger partial charge in [0.2, 0.25) is 11.6 Å². The Bertz CT molecular complexity index is 1510. The van der Waals surface area contributed by atoms with E-state index in [1.165, 1.54) is 17.1 Å². The van der Waals surface area contributed by atoms with Crippen molar-refractivity contribution in [1.29, 1.82) is 0 Å². The van der Waals surface area contributed by atoms with Crippen LogP contribution in [0.3, 0.4) is 0 Å². The first-order valence-corrected chi connectivity index (χ1v) is 12.1. The minimum atomic E-state index is -0.465. The average Bonchev–Trinajstić information content (AvgIpc) is 3.61. The van der Waals surface area contributed by atoms with Gasteiger partial charge in [-0.2, -0.15) is 0 Å². The maximum absolute atomic E-state index is 14.8. The molecule has 4 aromatic heterocycles. The number of nitrogens with one attached hydrogen (secondary N) is 1. The molecule has 0 atom stereocenters. The van der Waals surface area contributed by atoms with E-state index < -0.39 is 5.82 Å². The SMILES string of the molecule is CC(C)c1cnc(N2CCC(c3nnc4c(Nc5ccc(-n6cnnn6)cc5F)nccn34)CC2)nc1. The van der Waals surface area contributed by atoms with Crippen LogP contribution in [0.2, 0.25) is 0 Å². The van der Waals surface area contributed by atoms with Crippen molar-refractivity contribution < 1.29 is 4.39 Å². The first kappa shape index (κ1) is 22.9. The van der Waals surface area contributed by atoms with E-state index in [1.807, 2.05) is 23.0 Å². The number of hydrogen-bond acceptors (Lipinski definition) is 10. The molecule has 1 fully saturated rings. The third-order valence-corrected chi connectivity index (χ3v) is 6.64. The summed E-state index contributed by atoms with van der Waals surface area (Å²) in [6.07, 6.45) is 10.5. The number of nitrogens with zero attached hydrogens (tertiary/aromatic N) is 11. The minimum Gasteiger partial charge on any atom is -0.341 e. The molecule has 0 unspecified atom stereocenters. The van der Waals surface area contributed by atoms with Crippen LogP contribution in [0.4, 0.5) is 21.8 Å². The van der Waals surface area contributed by atoms with Crippen molar-refractivity contribution in [2.45, 2.75) is 38.5 Å². The van der Waals surface area contributed by atoms with E-state index in [9.17, 15) is 4.39 Å². The Morgan fingerprint density at radius 2 is 1.86 bits per heavy atom. The highest BCUT2D eigenvalue weighted by Gasteiger charge is 2.26. The van der Waals surface area contributed by atoms with Gasteiger partial charge >= 0.3 is 0 Å². The van der Waals surface area contributed by atoms with Gasteiger partial charge in [0.05, 0.1) is 11.4 Å². The maximum Gasteiger partial charge on any atom is 0.225 e. The van der Waals surface area contributed by atoms with E-state index in [4.69, 9.17) is 0 Å². The molecule has 0 aliphatic carbocycles. The van der Waals surface area contributed by atoms with Crippen LogP contribution >= 0.6 is 0 Å². The number of piperidine rings is 1. The fourth-order valence-electron chi connectivity index (χ4n) is 4.50. The molecule has 5 heterocycles. The van der Waals surface area contributed by atoms with Gasteiger partial charge in [0.1, 0.15) is 18.0 Å². The molecule has 0 bridgehead atoms. The molecule has 1 N–H and O–H groups in total. The molecule has 0 radical (unpaired) electrons. The van der Waals surface area contributed by atoms with Crippen molar-refractivity contribution in [3.63, 3.8) is 0 Å². The van der Waals surface area contributed by atoms with E-state index in [2.05, 4.69) is 64.7 Å². The van der Waals surface area contributed by atoms with E-state index in [0.29, 0.717) is 23.1 Å². The molecule has 13 heteroatoms. The zero-order valence-corrected chi connectivity index (χ0v) is 20.4. The second-order valence-electron chi connectivity index (χ2n) is 9.30. The number of benzene rings is 1. The first-order chi connectivity index (χ1) is 18.1. The van der Waals surface area contributed by atoms with Gasteiger partial charge in [-0.15, -0.1) is 15.3 Å². The summed E-state index contributed by atoms with van der Waals surface area (Å²) < 4.78 is 18.1. The Labute approximate surface area is 211 Å². The molecule has 5 aromatic rings. The van der Waals surface area contributed by atoms with Crippen LogP contribution in [-0.2, 0) is 0 Å². The monoisotopic (exact) mass is 500 g/mol. The Morgan fingerprint density at radius 1 is 1.05 bits per heavy atom. The fourth-order valence-corrected chi connectivity index (χ4v) is 4.50. The van der Waals surface area contributed by atoms with Crippen LogP contribution in [0.25, 0.3) is 11.3 Å². The quantitative estimate of drug-likeness (QED) is 0.371. The van der Waals surface area contributed by atoms with Crippen LogP contribution in [-0.4, -0.2) is 62.8 Å². The average molecular weight is 501 g/mol. The smallest absolute Gasteiger partial charge is 0.225 e. The topological polar surface area (TPSA) is 128 Å². The van der Waals surface area contributed by atoms with E-state index >= 15 is 0 Å². The van der Waals surface area contributed by atoms with Crippen molar-refractivity contribution in [3.05, 3.63) is 66.5 Å². The lowest BCUT2D eigenvalue weighted by Gasteiger charge is -2.31. The third-order valence-electron chi connectivity index (χ3n) is 6.64. The molecule has 6 rings (SSSR count). The number of aromatic nitrogens is 10. The van der Waals surface area contributed by atoms with Crippen molar-refractivity contribution in [3.8, 4) is 5.69 Å². The summed E-state index contributed by atoms with van der Waals surface area (Å²) in [5, 5.41) is 22.9. The second kappa shape index (κ2) is 9.48. The highest BCUT2D eigenvalue weighted by atomic mass is 19.1. The van der Waals surface area contributed by atoms with E-state index in [0.717, 1.165) is 43.3 Å². The Morgan fingerprint density at radius 3 is 2.57 bits per heavy atom. The molecule has 12 nitrogen and oxygen atoms in total. The molecular formula is C24H25FN12. The number of fused-ring (bicyclic) bond motifs is 1. The zero-order valence-electron chi connectivity index (χ0n) is 20.4. The van der Waals surface area contributed by atoms with Gasteiger partial charge in [-0.3, -0.25) is 4.40 Å². The Balaban J connectivity index is 1.18. The van der Waals surface area contributed by atoms with Gasteiger partial charge in [-0.05, 0) is 46.9 Å². The summed E-state index contributed by atoms with van der Waals surface area (Å²) in [6, 6.07) is 4.67. The number of halogens is 1. The van der Waals surface area contributed by atoms with Crippen LogP contribution in [0.5, 0.6) is 0 Å². The normalized spacial score (nSPS) is 14.5. The summed E-state index contributed by atoms with van der Waals surface area (Å²) in [7, 11) is 0. The summed E-state index contributed by atoms with van der Waals surface area (Å²) in [6.45, 7) is 5.92.